The summed E-state index contributed by atoms with van der Waals surface area (Å²) in [4.78, 5) is 27.4. The second-order valence-corrected chi connectivity index (χ2v) is 9.58. The van der Waals surface area contributed by atoms with Crippen LogP contribution in [0.15, 0.2) is 54.6 Å². The van der Waals surface area contributed by atoms with Crippen molar-refractivity contribution in [2.45, 2.75) is 63.2 Å². The normalized spacial score (nSPS) is 22.9. The van der Waals surface area contributed by atoms with Crippen molar-refractivity contribution in [3.63, 3.8) is 0 Å². The number of ether oxygens (including phenoxy) is 1. The fourth-order valence-electron chi connectivity index (χ4n) is 4.96. The topological polar surface area (TPSA) is 90.9 Å². The molecule has 0 spiro atoms. The highest BCUT2D eigenvalue weighted by atomic mass is 16.5. The third kappa shape index (κ3) is 7.62. The number of piperidine rings is 1. The maximum atomic E-state index is 12.6. The van der Waals surface area contributed by atoms with E-state index < -0.39 is 6.10 Å². The Morgan fingerprint density at radius 2 is 1.63 bits per heavy atom. The second kappa shape index (κ2) is 12.8. The number of hydrogen-bond donors (Lipinski definition) is 3. The van der Waals surface area contributed by atoms with Crippen molar-refractivity contribution >= 4 is 17.5 Å². The van der Waals surface area contributed by atoms with Crippen molar-refractivity contribution in [1.82, 2.24) is 10.2 Å². The van der Waals surface area contributed by atoms with E-state index in [4.69, 9.17) is 4.74 Å². The van der Waals surface area contributed by atoms with Crippen molar-refractivity contribution in [1.29, 1.82) is 0 Å². The SMILES string of the molecule is O=C(C[C@@H]1CC[C@H](NC(=O)CCN2CCCCC2)[C@@H](CO)O1)Nc1ccc(-c2ccccc2)cc1. The minimum absolute atomic E-state index is 0.00207. The molecule has 2 aliphatic heterocycles. The molecule has 7 nitrogen and oxygen atoms in total. The summed E-state index contributed by atoms with van der Waals surface area (Å²) < 4.78 is 5.99. The van der Waals surface area contributed by atoms with E-state index in [-0.39, 0.29) is 37.0 Å². The van der Waals surface area contributed by atoms with E-state index in [2.05, 4.69) is 27.7 Å². The first kappa shape index (κ1) is 25.4. The first-order valence-corrected chi connectivity index (χ1v) is 12.8. The van der Waals surface area contributed by atoms with Crippen molar-refractivity contribution in [2.75, 3.05) is 31.6 Å². The number of carbonyl (C=O) groups excluding carboxylic acids is 2. The van der Waals surface area contributed by atoms with Crippen LogP contribution < -0.4 is 10.6 Å². The van der Waals surface area contributed by atoms with Crippen LogP contribution in [0.2, 0.25) is 0 Å². The highest BCUT2D eigenvalue weighted by Gasteiger charge is 2.32. The molecule has 2 fully saturated rings. The van der Waals surface area contributed by atoms with Crippen LogP contribution in [0.25, 0.3) is 11.1 Å². The monoisotopic (exact) mass is 479 g/mol. The summed E-state index contributed by atoms with van der Waals surface area (Å²) in [5.41, 5.74) is 2.96. The summed E-state index contributed by atoms with van der Waals surface area (Å²) in [5.74, 6) is -0.124. The van der Waals surface area contributed by atoms with Crippen LogP contribution in [-0.2, 0) is 14.3 Å². The molecule has 2 saturated heterocycles. The summed E-state index contributed by atoms with van der Waals surface area (Å²) in [6, 6.07) is 17.6. The minimum Gasteiger partial charge on any atom is -0.394 e. The van der Waals surface area contributed by atoms with Gasteiger partial charge in [0.25, 0.3) is 0 Å². The van der Waals surface area contributed by atoms with Crippen LogP contribution in [-0.4, -0.2) is 66.3 Å². The number of rotatable bonds is 9. The molecular weight excluding hydrogens is 442 g/mol. The lowest BCUT2D eigenvalue weighted by molar-refractivity contribution is -0.133. The van der Waals surface area contributed by atoms with Gasteiger partial charge in [-0.1, -0.05) is 48.9 Å². The van der Waals surface area contributed by atoms with E-state index in [1.54, 1.807) is 0 Å². The maximum Gasteiger partial charge on any atom is 0.226 e. The highest BCUT2D eigenvalue weighted by molar-refractivity contribution is 5.91. The van der Waals surface area contributed by atoms with Gasteiger partial charge in [-0.25, -0.2) is 0 Å². The number of anilines is 1. The van der Waals surface area contributed by atoms with Gasteiger partial charge in [0.15, 0.2) is 0 Å². The van der Waals surface area contributed by atoms with Crippen molar-refractivity contribution in [3.8, 4) is 11.1 Å². The number of benzene rings is 2. The number of nitrogens with one attached hydrogen (secondary N) is 2. The molecule has 2 aromatic carbocycles. The quantitative estimate of drug-likeness (QED) is 0.511. The van der Waals surface area contributed by atoms with E-state index in [0.29, 0.717) is 19.3 Å². The summed E-state index contributed by atoms with van der Waals surface area (Å²) >= 11 is 0. The van der Waals surface area contributed by atoms with Gasteiger partial charge in [-0.3, -0.25) is 9.59 Å². The van der Waals surface area contributed by atoms with Gasteiger partial charge in [0, 0.05) is 18.7 Å². The van der Waals surface area contributed by atoms with Gasteiger partial charge in [-0.05, 0) is 62.0 Å². The summed E-state index contributed by atoms with van der Waals surface area (Å²) in [6.45, 7) is 2.73. The molecule has 0 aliphatic carbocycles. The molecule has 4 rings (SSSR count). The standard InChI is InChI=1S/C28H37N3O4/c32-20-26-25(30-27(33)15-18-31-16-5-2-6-17-31)14-13-24(35-26)19-28(34)29-23-11-9-22(10-12-23)21-7-3-1-4-8-21/h1,3-4,7-12,24-26,32H,2,5-6,13-20H2,(H,29,34)(H,30,33)/t24-,25-,26+/m0/s1. The van der Waals surface area contributed by atoms with Gasteiger partial charge in [0.05, 0.1) is 25.2 Å². The van der Waals surface area contributed by atoms with Crippen LogP contribution >= 0.6 is 0 Å². The molecule has 0 unspecified atom stereocenters. The van der Waals surface area contributed by atoms with Crippen LogP contribution in [0.1, 0.15) is 44.9 Å². The van der Waals surface area contributed by atoms with Crippen LogP contribution in [0.3, 0.4) is 0 Å². The molecule has 3 atom stereocenters. The first-order chi connectivity index (χ1) is 17.1. The Labute approximate surface area is 207 Å². The summed E-state index contributed by atoms with van der Waals surface area (Å²) in [7, 11) is 0. The molecule has 0 aromatic heterocycles. The third-order valence-electron chi connectivity index (χ3n) is 6.93. The first-order valence-electron chi connectivity index (χ1n) is 12.8. The molecule has 7 heteroatoms. The van der Waals surface area contributed by atoms with E-state index >= 15 is 0 Å². The fraction of sp³-hybridized carbons (Fsp3) is 0.500. The average Bonchev–Trinajstić information content (AvgIpc) is 2.90. The predicted octanol–water partition coefficient (Wildman–Crippen LogP) is 3.58. The highest BCUT2D eigenvalue weighted by Crippen LogP contribution is 2.24. The molecule has 188 valence electrons. The number of aliphatic hydroxyl groups is 1. The minimum atomic E-state index is -0.495. The third-order valence-corrected chi connectivity index (χ3v) is 6.93. The Morgan fingerprint density at radius 3 is 2.34 bits per heavy atom. The Kier molecular flexibility index (Phi) is 9.28. The molecular formula is C28H37N3O4. The molecule has 0 radical (unpaired) electrons. The molecule has 3 N–H and O–H groups in total. The van der Waals surface area contributed by atoms with Crippen molar-refractivity contribution in [2.24, 2.45) is 0 Å². The van der Waals surface area contributed by atoms with E-state index in [9.17, 15) is 14.7 Å². The number of hydrogen-bond acceptors (Lipinski definition) is 5. The molecule has 0 saturated carbocycles. The molecule has 2 amide bonds. The molecule has 0 bridgehead atoms. The number of amides is 2. The summed E-state index contributed by atoms with van der Waals surface area (Å²) in [6.07, 6.45) is 4.94. The van der Waals surface area contributed by atoms with Crippen LogP contribution in [0.4, 0.5) is 5.69 Å². The fourth-order valence-corrected chi connectivity index (χ4v) is 4.96. The zero-order chi connectivity index (χ0) is 24.5. The Hall–Kier alpha value is -2.74. The average molecular weight is 480 g/mol. The van der Waals surface area contributed by atoms with Gasteiger partial charge in [-0.2, -0.15) is 0 Å². The van der Waals surface area contributed by atoms with Gasteiger partial charge < -0.3 is 25.4 Å². The van der Waals surface area contributed by atoms with Gasteiger partial charge in [-0.15, -0.1) is 0 Å². The Bertz CT molecular complexity index is 944. The molecule has 2 heterocycles. The predicted molar refractivity (Wildman–Crippen MR) is 137 cm³/mol. The van der Waals surface area contributed by atoms with E-state index in [1.807, 2.05) is 42.5 Å². The van der Waals surface area contributed by atoms with E-state index in [0.717, 1.165) is 36.4 Å². The zero-order valence-electron chi connectivity index (χ0n) is 20.3. The second-order valence-electron chi connectivity index (χ2n) is 9.58. The lowest BCUT2D eigenvalue weighted by Gasteiger charge is -2.36. The molecule has 2 aromatic rings. The number of carbonyl (C=O) groups is 2. The van der Waals surface area contributed by atoms with Crippen LogP contribution in [0.5, 0.6) is 0 Å². The van der Waals surface area contributed by atoms with Crippen molar-refractivity contribution in [3.05, 3.63) is 54.6 Å². The maximum absolute atomic E-state index is 12.6. The number of likely N-dealkylation sites (tertiary alicyclic amines) is 1. The van der Waals surface area contributed by atoms with Crippen molar-refractivity contribution < 1.29 is 19.4 Å². The zero-order valence-corrected chi connectivity index (χ0v) is 20.3. The van der Waals surface area contributed by atoms with Gasteiger partial charge >= 0.3 is 0 Å². The largest absolute Gasteiger partial charge is 0.394 e. The van der Waals surface area contributed by atoms with E-state index in [1.165, 1.54) is 19.3 Å². The Morgan fingerprint density at radius 1 is 0.914 bits per heavy atom. The molecule has 35 heavy (non-hydrogen) atoms. The number of nitrogens with zero attached hydrogens (tertiary/aromatic N) is 1. The van der Waals surface area contributed by atoms with Crippen LogP contribution in [0, 0.1) is 0 Å². The summed E-state index contributed by atoms with van der Waals surface area (Å²) in [5, 5.41) is 15.8. The number of aliphatic hydroxyl groups excluding tert-OH is 1. The van der Waals surface area contributed by atoms with Gasteiger partial charge in [0.1, 0.15) is 6.10 Å². The lowest BCUT2D eigenvalue weighted by atomic mass is 9.96. The lowest BCUT2D eigenvalue weighted by Crippen LogP contribution is -2.51. The van der Waals surface area contributed by atoms with Gasteiger partial charge in [0.2, 0.25) is 11.8 Å². The molecule has 2 aliphatic rings. The smallest absolute Gasteiger partial charge is 0.226 e. The Balaban J connectivity index is 1.20.